The third kappa shape index (κ3) is 3.89. The molecule has 0 saturated carbocycles. The molecule has 0 aliphatic carbocycles. The van der Waals surface area contributed by atoms with E-state index in [4.69, 9.17) is 5.73 Å². The van der Waals surface area contributed by atoms with Crippen LogP contribution in [0.2, 0.25) is 0 Å². The van der Waals surface area contributed by atoms with Gasteiger partial charge in [-0.2, -0.15) is 0 Å². The molecule has 3 heterocycles. The Morgan fingerprint density at radius 3 is 2.70 bits per heavy atom. The number of aromatic nitrogens is 2. The predicted molar refractivity (Wildman–Crippen MR) is 119 cm³/mol. The summed E-state index contributed by atoms with van der Waals surface area (Å²) in [6.45, 7) is 8.46. The normalized spacial score (nSPS) is 23.3. The fraction of sp³-hybridized carbons (Fsp3) is 0.700. The predicted octanol–water partition coefficient (Wildman–Crippen LogP) is 1.36. The maximum absolute atomic E-state index is 13.6. The molecule has 0 spiro atoms. The lowest BCUT2D eigenvalue weighted by Gasteiger charge is -2.34. The van der Waals surface area contributed by atoms with E-state index in [0.717, 1.165) is 6.42 Å². The summed E-state index contributed by atoms with van der Waals surface area (Å²) in [7, 11) is 0. The molecule has 1 aromatic heterocycles. The Kier molecular flexibility index (Phi) is 6.35. The number of rotatable bonds is 7. The van der Waals surface area contributed by atoms with Crippen molar-refractivity contribution >= 4 is 35.1 Å². The largest absolute Gasteiger partial charge is 0.383 e. The highest BCUT2D eigenvalue weighted by molar-refractivity contribution is 8.01. The minimum atomic E-state index is -0.680. The average Bonchev–Trinajstić information content (AvgIpc) is 3.15. The van der Waals surface area contributed by atoms with Gasteiger partial charge >= 0.3 is 5.69 Å². The van der Waals surface area contributed by atoms with Gasteiger partial charge in [-0.05, 0) is 25.7 Å². The number of carbonyl (C=O) groups is 2. The number of hydrogen-bond donors (Lipinski definition) is 2. The van der Waals surface area contributed by atoms with E-state index in [2.05, 4.69) is 4.98 Å². The van der Waals surface area contributed by atoms with E-state index in [1.165, 1.54) is 9.47 Å². The summed E-state index contributed by atoms with van der Waals surface area (Å²) >= 11 is 1.60. The van der Waals surface area contributed by atoms with Crippen molar-refractivity contribution in [1.82, 2.24) is 14.5 Å². The summed E-state index contributed by atoms with van der Waals surface area (Å²) in [5, 5.41) is 0. The Morgan fingerprint density at radius 1 is 1.37 bits per heavy atom. The van der Waals surface area contributed by atoms with E-state index >= 15 is 0 Å². The van der Waals surface area contributed by atoms with Crippen LogP contribution >= 0.6 is 11.8 Å². The molecule has 2 saturated heterocycles. The highest BCUT2D eigenvalue weighted by Crippen LogP contribution is 2.47. The van der Waals surface area contributed by atoms with Gasteiger partial charge in [-0.25, -0.2) is 4.79 Å². The summed E-state index contributed by atoms with van der Waals surface area (Å²) in [6.07, 6.45) is 2.69. The van der Waals surface area contributed by atoms with Gasteiger partial charge < -0.3 is 15.5 Å². The second kappa shape index (κ2) is 8.49. The zero-order valence-corrected chi connectivity index (χ0v) is 18.9. The molecule has 10 heteroatoms. The van der Waals surface area contributed by atoms with Gasteiger partial charge in [0.25, 0.3) is 11.5 Å². The first-order chi connectivity index (χ1) is 14.1. The van der Waals surface area contributed by atoms with Gasteiger partial charge in [0, 0.05) is 25.3 Å². The molecule has 2 amide bonds. The minimum absolute atomic E-state index is 0.00495. The first-order valence-electron chi connectivity index (χ1n) is 10.5. The van der Waals surface area contributed by atoms with Crippen LogP contribution in [0.5, 0.6) is 0 Å². The average molecular weight is 438 g/mol. The van der Waals surface area contributed by atoms with Crippen LogP contribution in [-0.4, -0.2) is 49.5 Å². The Balaban J connectivity index is 2.05. The molecule has 166 valence electrons. The van der Waals surface area contributed by atoms with Crippen molar-refractivity contribution in [2.75, 3.05) is 22.9 Å². The van der Waals surface area contributed by atoms with Gasteiger partial charge in [-0.15, -0.1) is 11.8 Å². The molecular weight excluding hydrogens is 406 g/mol. The van der Waals surface area contributed by atoms with Crippen LogP contribution in [-0.2, 0) is 16.1 Å². The third-order valence-electron chi connectivity index (χ3n) is 5.76. The number of aromatic amines is 1. The number of hydrogen-bond acceptors (Lipinski definition) is 6. The van der Waals surface area contributed by atoms with Gasteiger partial charge in [0.1, 0.15) is 11.9 Å². The highest BCUT2D eigenvalue weighted by Gasteiger charge is 2.54. The molecule has 2 aliphatic heterocycles. The fourth-order valence-corrected chi connectivity index (χ4v) is 5.64. The SMILES string of the molecule is CCCCn1c(N)c(N(CC(C)C)C(=O)[C@H]2CS[C@@]3(C)CCC(=O)N23)c(=O)[nH]c1=O. The Bertz CT molecular complexity index is 955. The van der Waals surface area contributed by atoms with Crippen LogP contribution in [0.25, 0.3) is 0 Å². The number of thioether (sulfide) groups is 1. The van der Waals surface area contributed by atoms with Crippen molar-refractivity contribution in [2.24, 2.45) is 5.92 Å². The number of nitrogens with two attached hydrogens (primary N) is 1. The minimum Gasteiger partial charge on any atom is -0.383 e. The molecule has 2 aliphatic rings. The molecule has 0 aromatic carbocycles. The summed E-state index contributed by atoms with van der Waals surface area (Å²) in [5.41, 5.74) is 5.00. The monoisotopic (exact) mass is 437 g/mol. The quantitative estimate of drug-likeness (QED) is 0.664. The van der Waals surface area contributed by atoms with Crippen LogP contribution in [0.4, 0.5) is 11.5 Å². The molecule has 0 radical (unpaired) electrons. The van der Waals surface area contributed by atoms with Crippen molar-refractivity contribution in [3.63, 3.8) is 0 Å². The smallest absolute Gasteiger partial charge is 0.330 e. The molecule has 0 bridgehead atoms. The van der Waals surface area contributed by atoms with Gasteiger partial charge in [-0.3, -0.25) is 23.9 Å². The summed E-state index contributed by atoms with van der Waals surface area (Å²) in [4.78, 5) is 56.2. The number of fused-ring (bicyclic) bond motifs is 1. The first-order valence-corrected chi connectivity index (χ1v) is 11.5. The van der Waals surface area contributed by atoms with E-state index in [-0.39, 0.29) is 35.8 Å². The number of anilines is 2. The van der Waals surface area contributed by atoms with E-state index in [1.807, 2.05) is 27.7 Å². The molecule has 9 nitrogen and oxygen atoms in total. The second-order valence-corrected chi connectivity index (χ2v) is 10.1. The molecule has 3 N–H and O–H groups in total. The number of nitrogens with zero attached hydrogens (tertiary/aromatic N) is 3. The number of amides is 2. The third-order valence-corrected chi connectivity index (χ3v) is 7.27. The topological polar surface area (TPSA) is 121 Å². The molecule has 2 fully saturated rings. The molecule has 1 aromatic rings. The lowest BCUT2D eigenvalue weighted by atomic mass is 10.1. The lowest BCUT2D eigenvalue weighted by Crippen LogP contribution is -2.53. The summed E-state index contributed by atoms with van der Waals surface area (Å²) in [5.74, 6) is 0.155. The van der Waals surface area contributed by atoms with Crippen molar-refractivity contribution in [1.29, 1.82) is 0 Å². The van der Waals surface area contributed by atoms with Gasteiger partial charge in [0.2, 0.25) is 5.91 Å². The zero-order valence-electron chi connectivity index (χ0n) is 18.1. The van der Waals surface area contributed by atoms with Gasteiger partial charge in [-0.1, -0.05) is 27.2 Å². The van der Waals surface area contributed by atoms with E-state index in [0.29, 0.717) is 31.6 Å². The van der Waals surface area contributed by atoms with Crippen molar-refractivity contribution < 1.29 is 9.59 Å². The molecule has 0 unspecified atom stereocenters. The maximum Gasteiger partial charge on any atom is 0.330 e. The summed E-state index contributed by atoms with van der Waals surface area (Å²) < 4.78 is 1.31. The van der Waals surface area contributed by atoms with E-state index in [1.54, 1.807) is 16.7 Å². The number of nitrogens with one attached hydrogen (secondary N) is 1. The van der Waals surface area contributed by atoms with E-state index in [9.17, 15) is 19.2 Å². The fourth-order valence-electron chi connectivity index (χ4n) is 4.22. The lowest BCUT2D eigenvalue weighted by molar-refractivity contribution is -0.136. The van der Waals surface area contributed by atoms with Gasteiger partial charge in [0.05, 0.1) is 4.87 Å². The standard InChI is InChI=1S/C20H31N5O4S/c1-5-6-9-23-16(21)15(17(27)22-19(23)29)24(10-12(2)3)18(28)13-11-30-20(4)8-7-14(26)25(13)20/h12-13H,5-11,21H2,1-4H3,(H,22,27,29)/t13-,20+/m1/s1. The van der Waals surface area contributed by atoms with E-state index < -0.39 is 22.2 Å². The summed E-state index contributed by atoms with van der Waals surface area (Å²) in [6, 6.07) is -0.649. The number of H-pyrrole nitrogens is 1. The van der Waals surface area contributed by atoms with Crippen LogP contribution in [0.3, 0.4) is 0 Å². The van der Waals surface area contributed by atoms with Crippen LogP contribution in [0.15, 0.2) is 9.59 Å². The Morgan fingerprint density at radius 2 is 2.07 bits per heavy atom. The van der Waals surface area contributed by atoms with Crippen LogP contribution in [0, 0.1) is 5.92 Å². The van der Waals surface area contributed by atoms with Crippen molar-refractivity contribution in [3.05, 3.63) is 20.8 Å². The first kappa shape index (κ1) is 22.5. The zero-order chi connectivity index (χ0) is 22.2. The van der Waals surface area contributed by atoms with Gasteiger partial charge in [0.15, 0.2) is 5.69 Å². The number of nitrogen functional groups attached to an aromatic ring is 1. The van der Waals surface area contributed by atoms with Crippen LogP contribution < -0.4 is 21.9 Å². The number of carbonyl (C=O) groups excluding carboxylic acids is 2. The van der Waals surface area contributed by atoms with Crippen LogP contribution in [0.1, 0.15) is 53.4 Å². The Labute approximate surface area is 180 Å². The molecule has 3 rings (SSSR count). The highest BCUT2D eigenvalue weighted by atomic mass is 32.2. The second-order valence-electron chi connectivity index (χ2n) is 8.61. The van der Waals surface area contributed by atoms with Crippen molar-refractivity contribution in [2.45, 2.75) is 70.8 Å². The molecule has 30 heavy (non-hydrogen) atoms. The Hall–Kier alpha value is -2.23. The maximum atomic E-state index is 13.6. The molecule has 2 atom stereocenters. The van der Waals surface area contributed by atoms with Crippen molar-refractivity contribution in [3.8, 4) is 0 Å². The molecular formula is C20H31N5O4S. The number of unbranched alkanes of at least 4 members (excludes halogenated alkanes) is 1.